The van der Waals surface area contributed by atoms with Crippen molar-refractivity contribution in [2.45, 2.75) is 32.0 Å². The summed E-state index contributed by atoms with van der Waals surface area (Å²) in [6.07, 6.45) is -3.29. The first-order chi connectivity index (χ1) is 9.61. The van der Waals surface area contributed by atoms with Gasteiger partial charge in [0.1, 0.15) is 17.8 Å². The first-order valence-corrected chi connectivity index (χ1v) is 5.92. The molecule has 0 spiro atoms. The second-order valence-corrected chi connectivity index (χ2v) is 3.99. The van der Waals surface area contributed by atoms with Crippen molar-refractivity contribution >= 4 is 5.97 Å². The predicted molar refractivity (Wildman–Crippen MR) is 63.1 cm³/mol. The van der Waals surface area contributed by atoms with E-state index in [4.69, 9.17) is 19.1 Å². The Hall–Kier alpha value is -2.03. The zero-order chi connectivity index (χ0) is 16.6. The molecule has 0 saturated heterocycles. The van der Waals surface area contributed by atoms with Crippen LogP contribution >= 0.6 is 0 Å². The van der Waals surface area contributed by atoms with E-state index < -0.39 is 12.1 Å². The molecule has 1 rings (SSSR count). The maximum Gasteiger partial charge on any atom is 0.430 e. The standard InChI is InChI=1S/C10H15NO3.C2HF3O2/c1-3-4-8(11)9-5-7(13-2)6-10(12)14-9;3-2(4,5)1(6)7/h5-6,8H,3-4,11H2,1-2H3;(H,6,7)/t8-;/m0./s1. The number of alkyl halides is 3. The van der Waals surface area contributed by atoms with E-state index in [1.807, 2.05) is 0 Å². The van der Waals surface area contributed by atoms with E-state index in [1.165, 1.54) is 13.2 Å². The highest BCUT2D eigenvalue weighted by molar-refractivity contribution is 5.70. The van der Waals surface area contributed by atoms with Gasteiger partial charge in [0.25, 0.3) is 0 Å². The summed E-state index contributed by atoms with van der Waals surface area (Å²) in [6.45, 7) is 2.07. The molecule has 0 unspecified atom stereocenters. The zero-order valence-electron chi connectivity index (χ0n) is 11.5. The van der Waals surface area contributed by atoms with Crippen molar-refractivity contribution in [1.82, 2.24) is 0 Å². The van der Waals surface area contributed by atoms with Crippen molar-refractivity contribution < 1.29 is 38.0 Å². The Morgan fingerprint density at radius 1 is 1.48 bits per heavy atom. The molecule has 1 atom stereocenters. The second kappa shape index (κ2) is 8.30. The average Bonchev–Trinajstić information content (AvgIpc) is 2.37. The van der Waals surface area contributed by atoms with E-state index in [9.17, 15) is 18.0 Å². The van der Waals surface area contributed by atoms with Crippen LogP contribution < -0.4 is 21.2 Å². The third-order valence-corrected chi connectivity index (χ3v) is 2.27. The fraction of sp³-hybridized carbons (Fsp3) is 0.500. The number of carbonyl (C=O) groups excluding carboxylic acids is 1. The van der Waals surface area contributed by atoms with Gasteiger partial charge in [-0.3, -0.25) is 0 Å². The molecule has 0 radical (unpaired) electrons. The van der Waals surface area contributed by atoms with Crippen LogP contribution in [0.2, 0.25) is 0 Å². The maximum atomic E-state index is 11.1. The molecule has 21 heavy (non-hydrogen) atoms. The van der Waals surface area contributed by atoms with E-state index >= 15 is 0 Å². The molecule has 9 heteroatoms. The molecule has 0 fully saturated rings. The quantitative estimate of drug-likeness (QED) is 0.844. The van der Waals surface area contributed by atoms with Crippen LogP contribution in [-0.4, -0.2) is 19.3 Å². The number of rotatable bonds is 4. The summed E-state index contributed by atoms with van der Waals surface area (Å²) in [7, 11) is 1.52. The first-order valence-electron chi connectivity index (χ1n) is 5.92. The normalized spacial score (nSPS) is 12.1. The molecule has 0 aliphatic carbocycles. The lowest BCUT2D eigenvalue weighted by atomic mass is 10.1. The number of aliphatic carboxylic acids is 1. The number of carbonyl (C=O) groups is 1. The van der Waals surface area contributed by atoms with Gasteiger partial charge in [-0.15, -0.1) is 0 Å². The summed E-state index contributed by atoms with van der Waals surface area (Å²) in [6, 6.07) is 3.06. The van der Waals surface area contributed by atoms with Crippen LogP contribution in [0, 0.1) is 0 Å². The SMILES string of the molecule is CCC[C@H]([NH3+])c1cc(OC)cc(=O)o1.O=C([O-])C(F)(F)F. The lowest BCUT2D eigenvalue weighted by Gasteiger charge is -2.06. The highest BCUT2D eigenvalue weighted by Crippen LogP contribution is 2.17. The van der Waals surface area contributed by atoms with Crippen LogP contribution in [0.5, 0.6) is 5.75 Å². The summed E-state index contributed by atoms with van der Waals surface area (Å²) in [4.78, 5) is 19.9. The molecule has 0 aromatic carbocycles. The molecule has 1 aromatic heterocycles. The Morgan fingerprint density at radius 2 is 2.00 bits per heavy atom. The van der Waals surface area contributed by atoms with Gasteiger partial charge in [-0.2, -0.15) is 13.2 Å². The van der Waals surface area contributed by atoms with E-state index in [0.29, 0.717) is 11.5 Å². The molecule has 0 amide bonds. The smallest absolute Gasteiger partial charge is 0.430 e. The number of quaternary nitrogens is 1. The Bertz CT molecular complexity index is 512. The van der Waals surface area contributed by atoms with Gasteiger partial charge in [-0.25, -0.2) is 4.79 Å². The fourth-order valence-electron chi connectivity index (χ4n) is 1.28. The van der Waals surface area contributed by atoms with Gasteiger partial charge in [0.2, 0.25) is 0 Å². The Morgan fingerprint density at radius 3 is 2.38 bits per heavy atom. The van der Waals surface area contributed by atoms with Crippen molar-refractivity contribution in [1.29, 1.82) is 0 Å². The van der Waals surface area contributed by atoms with E-state index in [2.05, 4.69) is 12.7 Å². The minimum Gasteiger partial charge on any atom is -0.542 e. The number of carboxylic acids is 1. The minimum atomic E-state index is -5.19. The fourth-order valence-corrected chi connectivity index (χ4v) is 1.28. The molecule has 1 aromatic rings. The first kappa shape index (κ1) is 19.0. The highest BCUT2D eigenvalue weighted by atomic mass is 19.4. The molecule has 1 heterocycles. The third-order valence-electron chi connectivity index (χ3n) is 2.27. The van der Waals surface area contributed by atoms with E-state index in [-0.39, 0.29) is 11.7 Å². The van der Waals surface area contributed by atoms with E-state index in [1.54, 1.807) is 6.07 Å². The van der Waals surface area contributed by atoms with Crippen LogP contribution in [0.3, 0.4) is 0 Å². The maximum absolute atomic E-state index is 11.1. The molecule has 0 saturated carbocycles. The molecule has 120 valence electrons. The summed E-state index contributed by atoms with van der Waals surface area (Å²) in [5.41, 5.74) is 3.54. The van der Waals surface area contributed by atoms with Crippen LogP contribution in [-0.2, 0) is 4.79 Å². The predicted octanol–water partition coefficient (Wildman–Crippen LogP) is 0.0301. The highest BCUT2D eigenvalue weighted by Gasteiger charge is 2.28. The van der Waals surface area contributed by atoms with Gasteiger partial charge < -0.3 is 24.8 Å². The van der Waals surface area contributed by atoms with Crippen molar-refractivity contribution in [2.24, 2.45) is 0 Å². The molecule has 0 bridgehead atoms. The van der Waals surface area contributed by atoms with Gasteiger partial charge in [-0.05, 0) is 0 Å². The largest absolute Gasteiger partial charge is 0.542 e. The lowest BCUT2D eigenvalue weighted by molar-refractivity contribution is -0.432. The Labute approximate surface area is 118 Å². The molecular formula is C12H16F3NO5. The Kier molecular flexibility index (Phi) is 7.50. The number of halogens is 3. The van der Waals surface area contributed by atoms with Gasteiger partial charge in [0.15, 0.2) is 5.76 Å². The molecule has 0 aliphatic rings. The van der Waals surface area contributed by atoms with Crippen molar-refractivity contribution in [3.63, 3.8) is 0 Å². The molecule has 0 aliphatic heterocycles. The van der Waals surface area contributed by atoms with Crippen molar-refractivity contribution in [3.05, 3.63) is 28.3 Å². The monoisotopic (exact) mass is 311 g/mol. The number of hydrogen-bond donors (Lipinski definition) is 1. The van der Waals surface area contributed by atoms with Crippen LogP contribution in [0.4, 0.5) is 13.2 Å². The van der Waals surface area contributed by atoms with Gasteiger partial charge in [0, 0.05) is 12.5 Å². The van der Waals surface area contributed by atoms with Crippen molar-refractivity contribution in [3.8, 4) is 5.75 Å². The van der Waals surface area contributed by atoms with E-state index in [0.717, 1.165) is 12.8 Å². The van der Waals surface area contributed by atoms with Crippen LogP contribution in [0.15, 0.2) is 21.3 Å². The number of methoxy groups -OCH3 is 1. The number of carboxylic acid groups (broad SMARTS) is 1. The third kappa shape index (κ3) is 7.35. The number of hydrogen-bond acceptors (Lipinski definition) is 5. The Balaban J connectivity index is 0.000000486. The minimum absolute atomic E-state index is 0.0165. The van der Waals surface area contributed by atoms with Crippen LogP contribution in [0.25, 0.3) is 0 Å². The summed E-state index contributed by atoms with van der Waals surface area (Å²) in [5.74, 6) is -1.88. The molecular weight excluding hydrogens is 295 g/mol. The van der Waals surface area contributed by atoms with Crippen LogP contribution in [0.1, 0.15) is 31.6 Å². The van der Waals surface area contributed by atoms with Crippen molar-refractivity contribution in [2.75, 3.05) is 7.11 Å². The lowest BCUT2D eigenvalue weighted by Crippen LogP contribution is -2.53. The molecule has 3 N–H and O–H groups in total. The zero-order valence-corrected chi connectivity index (χ0v) is 11.5. The topological polar surface area (TPSA) is 107 Å². The summed E-state index contributed by atoms with van der Waals surface area (Å²) < 4.78 is 41.6. The number of ether oxygens (including phenoxy) is 1. The summed E-state index contributed by atoms with van der Waals surface area (Å²) >= 11 is 0. The van der Waals surface area contributed by atoms with Gasteiger partial charge in [-0.1, -0.05) is 13.3 Å². The van der Waals surface area contributed by atoms with Gasteiger partial charge in [0.05, 0.1) is 13.2 Å². The second-order valence-electron chi connectivity index (χ2n) is 3.99. The average molecular weight is 311 g/mol. The molecule has 6 nitrogen and oxygen atoms in total. The van der Waals surface area contributed by atoms with Gasteiger partial charge >= 0.3 is 11.8 Å². The summed E-state index contributed by atoms with van der Waals surface area (Å²) in [5, 5.41) is 8.78.